The van der Waals surface area contributed by atoms with Crippen LogP contribution in [-0.4, -0.2) is 17.8 Å². The minimum Gasteiger partial charge on any atom is -0.272 e. The van der Waals surface area contributed by atoms with Crippen LogP contribution in [0.15, 0.2) is 5.10 Å². The van der Waals surface area contributed by atoms with Crippen LogP contribution in [0.4, 0.5) is 13.2 Å². The van der Waals surface area contributed by atoms with E-state index < -0.39 is 23.7 Å². The third-order valence-electron chi connectivity index (χ3n) is 1.38. The van der Waals surface area contributed by atoms with E-state index in [4.69, 9.17) is 0 Å². The molecule has 1 heterocycles. The molecule has 0 aromatic heterocycles. The van der Waals surface area contributed by atoms with Gasteiger partial charge in [0.2, 0.25) is 5.91 Å². The summed E-state index contributed by atoms with van der Waals surface area (Å²) in [5, 5.41) is 2.86. The van der Waals surface area contributed by atoms with Crippen LogP contribution >= 0.6 is 0 Å². The predicted octanol–water partition coefficient (Wildman–Crippen LogP) is 0.671. The van der Waals surface area contributed by atoms with E-state index in [0.717, 1.165) is 6.92 Å². The molecule has 0 saturated heterocycles. The molecule has 0 aromatic carbocycles. The van der Waals surface area contributed by atoms with E-state index >= 15 is 0 Å². The standard InChI is InChI=1S/C5H5F3N2O/c1-2-3(5(6,7)8)9-10-4(2)11/h2H,1H3,(H,10,11). The number of alkyl halides is 3. The molecule has 1 rings (SSSR count). The smallest absolute Gasteiger partial charge is 0.272 e. The Morgan fingerprint density at radius 2 is 2.09 bits per heavy atom. The van der Waals surface area contributed by atoms with Crippen LogP contribution in [0.25, 0.3) is 0 Å². The van der Waals surface area contributed by atoms with Crippen molar-refractivity contribution in [3.05, 3.63) is 0 Å². The highest BCUT2D eigenvalue weighted by molar-refractivity contribution is 6.10. The molecule has 11 heavy (non-hydrogen) atoms. The number of hydrogen-bond donors (Lipinski definition) is 1. The van der Waals surface area contributed by atoms with Gasteiger partial charge in [0.1, 0.15) is 0 Å². The lowest BCUT2D eigenvalue weighted by molar-refractivity contribution is -0.122. The Labute approximate surface area is 60.3 Å². The van der Waals surface area contributed by atoms with Crippen LogP contribution in [0.5, 0.6) is 0 Å². The SMILES string of the molecule is CC1C(=O)NN=C1C(F)(F)F. The molecule has 1 aliphatic heterocycles. The van der Waals surface area contributed by atoms with Crippen LogP contribution < -0.4 is 5.43 Å². The van der Waals surface area contributed by atoms with Gasteiger partial charge in [0.15, 0.2) is 5.71 Å². The number of amides is 1. The van der Waals surface area contributed by atoms with Crippen LogP contribution in [0.1, 0.15) is 6.92 Å². The Balaban J connectivity index is 2.84. The molecular weight excluding hydrogens is 161 g/mol. The van der Waals surface area contributed by atoms with Crippen molar-refractivity contribution in [3.63, 3.8) is 0 Å². The van der Waals surface area contributed by atoms with Gasteiger partial charge in [-0.3, -0.25) is 4.79 Å². The molecule has 1 N–H and O–H groups in total. The highest BCUT2D eigenvalue weighted by Crippen LogP contribution is 2.24. The molecule has 1 aliphatic rings. The zero-order valence-corrected chi connectivity index (χ0v) is 5.57. The lowest BCUT2D eigenvalue weighted by Gasteiger charge is -2.06. The Bertz CT molecular complexity index is 220. The molecule has 0 aliphatic carbocycles. The first-order chi connectivity index (χ1) is 4.93. The lowest BCUT2D eigenvalue weighted by Crippen LogP contribution is -2.29. The Morgan fingerprint density at radius 3 is 2.27 bits per heavy atom. The van der Waals surface area contributed by atoms with Gasteiger partial charge in [0.25, 0.3) is 0 Å². The van der Waals surface area contributed by atoms with Gasteiger partial charge in [-0.15, -0.1) is 0 Å². The molecule has 3 nitrogen and oxygen atoms in total. The van der Waals surface area contributed by atoms with Crippen LogP contribution in [0, 0.1) is 5.92 Å². The fraction of sp³-hybridized carbons (Fsp3) is 0.600. The second-order valence-electron chi connectivity index (χ2n) is 2.19. The van der Waals surface area contributed by atoms with Gasteiger partial charge >= 0.3 is 6.18 Å². The summed E-state index contributed by atoms with van der Waals surface area (Å²) in [7, 11) is 0. The number of hydrogen-bond acceptors (Lipinski definition) is 2. The average Bonchev–Trinajstić information content (AvgIpc) is 2.11. The average molecular weight is 166 g/mol. The van der Waals surface area contributed by atoms with Crippen LogP contribution in [0.3, 0.4) is 0 Å². The summed E-state index contributed by atoms with van der Waals surface area (Å²) in [5.74, 6) is -1.90. The summed E-state index contributed by atoms with van der Waals surface area (Å²) in [6.45, 7) is 1.16. The Kier molecular flexibility index (Phi) is 1.62. The van der Waals surface area contributed by atoms with Crippen molar-refractivity contribution < 1.29 is 18.0 Å². The zero-order valence-electron chi connectivity index (χ0n) is 5.57. The van der Waals surface area contributed by atoms with Crippen molar-refractivity contribution in [3.8, 4) is 0 Å². The molecule has 0 fully saturated rings. The molecule has 0 aromatic rings. The number of nitrogens with one attached hydrogen (secondary N) is 1. The van der Waals surface area contributed by atoms with E-state index in [-0.39, 0.29) is 0 Å². The molecule has 6 heteroatoms. The Morgan fingerprint density at radius 1 is 1.55 bits per heavy atom. The summed E-state index contributed by atoms with van der Waals surface area (Å²) in [5.41, 5.74) is 0.702. The molecule has 1 unspecified atom stereocenters. The zero-order chi connectivity index (χ0) is 8.65. The molecule has 0 radical (unpaired) electrons. The van der Waals surface area contributed by atoms with E-state index in [1.807, 2.05) is 0 Å². The number of rotatable bonds is 0. The topological polar surface area (TPSA) is 41.5 Å². The molecule has 1 atom stereocenters. The van der Waals surface area contributed by atoms with E-state index in [2.05, 4.69) is 5.10 Å². The third kappa shape index (κ3) is 1.33. The van der Waals surface area contributed by atoms with Gasteiger partial charge in [-0.05, 0) is 6.92 Å². The number of carbonyl (C=O) groups is 1. The van der Waals surface area contributed by atoms with Gasteiger partial charge in [-0.1, -0.05) is 0 Å². The number of carbonyl (C=O) groups excluding carboxylic acids is 1. The largest absolute Gasteiger partial charge is 0.431 e. The molecule has 62 valence electrons. The van der Waals surface area contributed by atoms with Crippen molar-refractivity contribution in [2.45, 2.75) is 13.1 Å². The quantitative estimate of drug-likeness (QED) is 0.564. The maximum Gasteiger partial charge on any atom is 0.431 e. The first kappa shape index (κ1) is 8.03. The number of hydrazone groups is 1. The van der Waals surface area contributed by atoms with Gasteiger partial charge < -0.3 is 0 Å². The first-order valence-electron chi connectivity index (χ1n) is 2.87. The van der Waals surface area contributed by atoms with E-state index in [1.165, 1.54) is 0 Å². The maximum atomic E-state index is 11.9. The van der Waals surface area contributed by atoms with E-state index in [0.29, 0.717) is 0 Å². The van der Waals surface area contributed by atoms with Gasteiger partial charge in [-0.25, -0.2) is 5.43 Å². The normalized spacial score (nSPS) is 24.9. The summed E-state index contributed by atoms with van der Waals surface area (Å²) >= 11 is 0. The maximum absolute atomic E-state index is 11.9. The summed E-state index contributed by atoms with van der Waals surface area (Å²) in [6, 6.07) is 0. The van der Waals surface area contributed by atoms with E-state index in [9.17, 15) is 18.0 Å². The van der Waals surface area contributed by atoms with Crippen molar-refractivity contribution >= 4 is 11.6 Å². The van der Waals surface area contributed by atoms with Crippen molar-refractivity contribution in [2.75, 3.05) is 0 Å². The second-order valence-corrected chi connectivity index (χ2v) is 2.19. The molecule has 0 saturated carbocycles. The molecule has 1 amide bonds. The van der Waals surface area contributed by atoms with Crippen molar-refractivity contribution in [1.29, 1.82) is 0 Å². The van der Waals surface area contributed by atoms with Crippen LogP contribution in [0.2, 0.25) is 0 Å². The highest BCUT2D eigenvalue weighted by atomic mass is 19.4. The van der Waals surface area contributed by atoms with Gasteiger partial charge in [0, 0.05) is 0 Å². The fourth-order valence-corrected chi connectivity index (χ4v) is 0.742. The van der Waals surface area contributed by atoms with E-state index in [1.54, 1.807) is 5.43 Å². The lowest BCUT2D eigenvalue weighted by atomic mass is 10.1. The summed E-state index contributed by atoms with van der Waals surface area (Å²) in [4.78, 5) is 10.5. The number of halogens is 3. The minimum atomic E-state index is -4.50. The molecule has 0 spiro atoms. The van der Waals surface area contributed by atoms with Gasteiger partial charge in [0.05, 0.1) is 5.92 Å². The highest BCUT2D eigenvalue weighted by Gasteiger charge is 2.44. The fourth-order valence-electron chi connectivity index (χ4n) is 0.742. The first-order valence-corrected chi connectivity index (χ1v) is 2.87. The summed E-state index contributed by atoms with van der Waals surface area (Å²) < 4.78 is 35.6. The molecular formula is C5H5F3N2O. The second kappa shape index (κ2) is 2.21. The van der Waals surface area contributed by atoms with Crippen molar-refractivity contribution in [1.82, 2.24) is 5.43 Å². The third-order valence-corrected chi connectivity index (χ3v) is 1.38. The van der Waals surface area contributed by atoms with Crippen LogP contribution in [-0.2, 0) is 4.79 Å². The summed E-state index contributed by atoms with van der Waals surface area (Å²) in [6.07, 6.45) is -4.50. The number of nitrogens with zero attached hydrogens (tertiary/aromatic N) is 1. The minimum absolute atomic E-state index is 0.711. The van der Waals surface area contributed by atoms with Crippen molar-refractivity contribution in [2.24, 2.45) is 11.0 Å². The monoisotopic (exact) mass is 166 g/mol. The predicted molar refractivity (Wildman–Crippen MR) is 30.8 cm³/mol. The van der Waals surface area contributed by atoms with Gasteiger partial charge in [-0.2, -0.15) is 18.3 Å². The molecule has 0 bridgehead atoms. The Hall–Kier alpha value is -1.07.